The maximum atomic E-state index is 12.5. The predicted molar refractivity (Wildman–Crippen MR) is 117 cm³/mol. The second kappa shape index (κ2) is 10.9. The molecule has 3 rings (SSSR count). The van der Waals surface area contributed by atoms with Gasteiger partial charge in [0, 0.05) is 37.5 Å². The third-order valence-corrected chi connectivity index (χ3v) is 4.41. The van der Waals surface area contributed by atoms with E-state index in [-0.39, 0.29) is 12.4 Å². The van der Waals surface area contributed by atoms with Gasteiger partial charge in [-0.25, -0.2) is 0 Å². The maximum Gasteiger partial charge on any atom is 0.290 e. The number of carbonyl (C=O) groups is 2. The van der Waals surface area contributed by atoms with Crippen molar-refractivity contribution in [1.29, 1.82) is 0 Å². The first-order valence-electron chi connectivity index (χ1n) is 9.53. The largest absolute Gasteiger partial charge is 0.483 e. The highest BCUT2D eigenvalue weighted by atomic mass is 16.3. The minimum Gasteiger partial charge on any atom is -0.483 e. The molecule has 1 amide bonds. The SMILES string of the molecule is Cc1nn(C)cc1-c1ccc(C(=O)NCc2cccc(CN(C)C)c2)cc1.O=CO. The summed E-state index contributed by atoms with van der Waals surface area (Å²) in [6, 6.07) is 16.0. The summed E-state index contributed by atoms with van der Waals surface area (Å²) in [7, 11) is 6.00. The molecule has 0 saturated heterocycles. The van der Waals surface area contributed by atoms with Gasteiger partial charge in [-0.3, -0.25) is 14.3 Å². The van der Waals surface area contributed by atoms with Gasteiger partial charge >= 0.3 is 0 Å². The van der Waals surface area contributed by atoms with Gasteiger partial charge in [0.05, 0.1) is 5.69 Å². The number of carbonyl (C=O) groups excluding carboxylic acids is 1. The molecule has 0 aliphatic carbocycles. The first-order chi connectivity index (χ1) is 14.3. The Morgan fingerprint density at radius 2 is 1.80 bits per heavy atom. The summed E-state index contributed by atoms with van der Waals surface area (Å²) in [6.07, 6.45) is 1.99. The third-order valence-electron chi connectivity index (χ3n) is 4.41. The van der Waals surface area contributed by atoms with E-state index >= 15 is 0 Å². The van der Waals surface area contributed by atoms with Crippen molar-refractivity contribution in [2.75, 3.05) is 14.1 Å². The summed E-state index contributed by atoms with van der Waals surface area (Å²) in [5.41, 5.74) is 6.13. The molecule has 0 bridgehead atoms. The summed E-state index contributed by atoms with van der Waals surface area (Å²) in [6.45, 7) is 3.14. The summed E-state index contributed by atoms with van der Waals surface area (Å²) in [5.74, 6) is -0.0672. The van der Waals surface area contributed by atoms with E-state index in [0.717, 1.165) is 28.9 Å². The number of aryl methyl sites for hydroxylation is 2. The Morgan fingerprint density at radius 3 is 2.37 bits per heavy atom. The molecule has 0 radical (unpaired) electrons. The van der Waals surface area contributed by atoms with Crippen molar-refractivity contribution in [3.63, 3.8) is 0 Å². The van der Waals surface area contributed by atoms with Crippen LogP contribution in [0.3, 0.4) is 0 Å². The van der Waals surface area contributed by atoms with Crippen LogP contribution in [-0.2, 0) is 24.9 Å². The minimum absolute atomic E-state index is 0.0672. The molecule has 0 fully saturated rings. The van der Waals surface area contributed by atoms with E-state index in [9.17, 15) is 4.79 Å². The molecule has 0 unspecified atom stereocenters. The van der Waals surface area contributed by atoms with Gasteiger partial charge in [-0.1, -0.05) is 36.4 Å². The number of aromatic nitrogens is 2. The molecule has 0 aliphatic heterocycles. The molecule has 3 aromatic rings. The monoisotopic (exact) mass is 408 g/mol. The summed E-state index contributed by atoms with van der Waals surface area (Å²) in [4.78, 5) is 23.0. The lowest BCUT2D eigenvalue weighted by atomic mass is 10.0. The van der Waals surface area contributed by atoms with E-state index in [2.05, 4.69) is 27.4 Å². The van der Waals surface area contributed by atoms with Gasteiger partial charge in [-0.15, -0.1) is 0 Å². The van der Waals surface area contributed by atoms with Gasteiger partial charge in [0.1, 0.15) is 0 Å². The summed E-state index contributed by atoms with van der Waals surface area (Å²) in [5, 5.41) is 14.3. The molecular formula is C23H28N4O3. The number of rotatable bonds is 6. The van der Waals surface area contributed by atoms with Crippen molar-refractivity contribution in [3.8, 4) is 11.1 Å². The number of hydrogen-bond acceptors (Lipinski definition) is 4. The van der Waals surface area contributed by atoms with Crippen LogP contribution in [0.4, 0.5) is 0 Å². The Bertz CT molecular complexity index is 978. The lowest BCUT2D eigenvalue weighted by molar-refractivity contribution is -0.122. The van der Waals surface area contributed by atoms with E-state index in [1.165, 1.54) is 5.56 Å². The van der Waals surface area contributed by atoms with Crippen molar-refractivity contribution in [3.05, 3.63) is 77.1 Å². The number of nitrogens with one attached hydrogen (secondary N) is 1. The molecule has 0 saturated carbocycles. The Balaban J connectivity index is 0.00000101. The van der Waals surface area contributed by atoms with Crippen LogP contribution < -0.4 is 5.32 Å². The fourth-order valence-electron chi connectivity index (χ4n) is 3.17. The highest BCUT2D eigenvalue weighted by Crippen LogP contribution is 2.22. The van der Waals surface area contributed by atoms with Gasteiger partial charge in [-0.2, -0.15) is 5.10 Å². The fourth-order valence-corrected chi connectivity index (χ4v) is 3.17. The van der Waals surface area contributed by atoms with Crippen LogP contribution in [-0.4, -0.2) is 46.3 Å². The first-order valence-corrected chi connectivity index (χ1v) is 9.53. The van der Waals surface area contributed by atoms with E-state index < -0.39 is 0 Å². The van der Waals surface area contributed by atoms with Gasteiger partial charge in [0.15, 0.2) is 0 Å². The standard InChI is InChI=1S/C22H26N4O.CH2O2/c1-16-21(15-26(4)24-16)19-8-10-20(11-9-19)22(27)23-13-17-6-5-7-18(12-17)14-25(2)3;2-1-3/h5-12,15H,13-14H2,1-4H3,(H,23,27);1H,(H,2,3). The lowest BCUT2D eigenvalue weighted by Crippen LogP contribution is -2.22. The van der Waals surface area contributed by atoms with Crippen LogP contribution in [0.15, 0.2) is 54.7 Å². The topological polar surface area (TPSA) is 87.5 Å². The molecule has 2 N–H and O–H groups in total. The molecule has 7 heteroatoms. The van der Waals surface area contributed by atoms with Crippen LogP contribution in [0.25, 0.3) is 11.1 Å². The number of hydrogen-bond donors (Lipinski definition) is 2. The lowest BCUT2D eigenvalue weighted by Gasteiger charge is -2.11. The Labute approximate surface area is 177 Å². The second-order valence-corrected chi connectivity index (χ2v) is 7.23. The predicted octanol–water partition coefficient (Wildman–Crippen LogP) is 3.09. The number of amides is 1. The third kappa shape index (κ3) is 6.56. The van der Waals surface area contributed by atoms with Crippen LogP contribution in [0.1, 0.15) is 27.2 Å². The molecule has 1 heterocycles. The van der Waals surface area contributed by atoms with E-state index in [4.69, 9.17) is 9.90 Å². The first kappa shape index (κ1) is 22.8. The van der Waals surface area contributed by atoms with Crippen LogP contribution >= 0.6 is 0 Å². The van der Waals surface area contributed by atoms with Crippen molar-refractivity contribution in [1.82, 2.24) is 20.0 Å². The number of nitrogens with zero attached hydrogens (tertiary/aromatic N) is 3. The van der Waals surface area contributed by atoms with Crippen molar-refractivity contribution in [2.24, 2.45) is 7.05 Å². The molecule has 158 valence electrons. The summed E-state index contributed by atoms with van der Waals surface area (Å²) >= 11 is 0. The Morgan fingerprint density at radius 1 is 1.17 bits per heavy atom. The minimum atomic E-state index is -0.250. The average Bonchev–Trinajstić information content (AvgIpc) is 3.05. The van der Waals surface area contributed by atoms with Gasteiger partial charge in [0.25, 0.3) is 12.4 Å². The highest BCUT2D eigenvalue weighted by molar-refractivity contribution is 5.94. The zero-order valence-corrected chi connectivity index (χ0v) is 17.8. The normalized spacial score (nSPS) is 10.3. The molecule has 0 atom stereocenters. The molecule has 0 aliphatic rings. The zero-order chi connectivity index (χ0) is 22.1. The Hall–Kier alpha value is -3.45. The molecule has 1 aromatic heterocycles. The quantitative estimate of drug-likeness (QED) is 0.612. The highest BCUT2D eigenvalue weighted by Gasteiger charge is 2.09. The van der Waals surface area contributed by atoms with Crippen LogP contribution in [0.2, 0.25) is 0 Å². The maximum absolute atomic E-state index is 12.5. The van der Waals surface area contributed by atoms with Crippen LogP contribution in [0.5, 0.6) is 0 Å². The Kier molecular flexibility index (Phi) is 8.31. The van der Waals surface area contributed by atoms with Crippen molar-refractivity contribution >= 4 is 12.4 Å². The molecule has 2 aromatic carbocycles. The number of benzene rings is 2. The molecule has 7 nitrogen and oxygen atoms in total. The van der Waals surface area contributed by atoms with Crippen molar-refractivity contribution < 1.29 is 14.7 Å². The molecule has 30 heavy (non-hydrogen) atoms. The second-order valence-electron chi connectivity index (χ2n) is 7.23. The zero-order valence-electron chi connectivity index (χ0n) is 17.8. The van der Waals surface area contributed by atoms with Crippen molar-refractivity contribution in [2.45, 2.75) is 20.0 Å². The van der Waals surface area contributed by atoms with Gasteiger partial charge in [-0.05, 0) is 49.8 Å². The van der Waals surface area contributed by atoms with E-state index in [0.29, 0.717) is 12.1 Å². The molecular weight excluding hydrogens is 380 g/mol. The average molecular weight is 409 g/mol. The van der Waals surface area contributed by atoms with Crippen LogP contribution in [0, 0.1) is 6.92 Å². The van der Waals surface area contributed by atoms with E-state index in [1.54, 1.807) is 4.68 Å². The van der Waals surface area contributed by atoms with E-state index in [1.807, 2.05) is 70.7 Å². The summed E-state index contributed by atoms with van der Waals surface area (Å²) < 4.78 is 1.80. The fraction of sp³-hybridized carbons (Fsp3) is 0.261. The number of carboxylic acid groups (broad SMARTS) is 1. The van der Waals surface area contributed by atoms with Gasteiger partial charge in [0.2, 0.25) is 0 Å². The molecule has 0 spiro atoms. The van der Waals surface area contributed by atoms with Gasteiger partial charge < -0.3 is 15.3 Å². The smallest absolute Gasteiger partial charge is 0.290 e.